The minimum absolute atomic E-state index is 0.0501. The molecule has 1 saturated heterocycles. The van der Waals surface area contributed by atoms with Crippen LogP contribution in [0.15, 0.2) is 69.6 Å². The molecule has 3 heterocycles. The van der Waals surface area contributed by atoms with Crippen molar-refractivity contribution in [1.29, 1.82) is 0 Å². The van der Waals surface area contributed by atoms with Gasteiger partial charge in [-0.25, -0.2) is 9.79 Å². The number of hydrogen-bond donors (Lipinski definition) is 1. The molecule has 0 bridgehead atoms. The van der Waals surface area contributed by atoms with Crippen LogP contribution in [0.4, 0.5) is 5.69 Å². The number of nitrogens with zero attached hydrogens (tertiary/aromatic N) is 3. The fourth-order valence-electron chi connectivity index (χ4n) is 5.04. The summed E-state index contributed by atoms with van der Waals surface area (Å²) in [5.41, 5.74) is 1.05. The van der Waals surface area contributed by atoms with Crippen molar-refractivity contribution < 1.29 is 28.6 Å². The Balaban J connectivity index is 1.66. The molecule has 0 unspecified atom stereocenters. The van der Waals surface area contributed by atoms with Crippen molar-refractivity contribution >= 4 is 58.2 Å². The fraction of sp³-hybridized carbons (Fsp3) is 0.290. The Morgan fingerprint density at radius 3 is 2.52 bits per heavy atom. The summed E-state index contributed by atoms with van der Waals surface area (Å²) in [4.78, 5) is 59.9. The molecule has 2 aromatic carbocycles. The number of carbonyl (C=O) groups is 3. The Bertz CT molecular complexity index is 1880. The van der Waals surface area contributed by atoms with Gasteiger partial charge in [0, 0.05) is 0 Å². The molecule has 2 amide bonds. The first-order chi connectivity index (χ1) is 21.0. The van der Waals surface area contributed by atoms with Crippen LogP contribution in [0, 0.1) is 5.92 Å². The molecule has 2 atom stereocenters. The maximum atomic E-state index is 14.1. The number of thiazole rings is 1. The molecule has 0 spiro atoms. The Hall–Kier alpha value is -4.62. The normalized spacial score (nSPS) is 18.6. The van der Waals surface area contributed by atoms with Crippen LogP contribution >= 0.6 is 23.6 Å². The summed E-state index contributed by atoms with van der Waals surface area (Å²) >= 11 is 6.29. The van der Waals surface area contributed by atoms with Crippen LogP contribution in [0.25, 0.3) is 6.08 Å². The van der Waals surface area contributed by atoms with Crippen molar-refractivity contribution in [2.45, 2.75) is 39.8 Å². The Morgan fingerprint density at radius 2 is 1.86 bits per heavy atom. The molecular formula is C31H30N4O7S2. The maximum absolute atomic E-state index is 14.1. The number of benzene rings is 2. The second kappa shape index (κ2) is 12.5. The summed E-state index contributed by atoms with van der Waals surface area (Å²) in [6.07, 6.45) is 1.20. The van der Waals surface area contributed by atoms with E-state index < -0.39 is 35.3 Å². The predicted molar refractivity (Wildman–Crippen MR) is 168 cm³/mol. The van der Waals surface area contributed by atoms with Gasteiger partial charge in [-0.3, -0.25) is 23.9 Å². The molecule has 0 saturated carbocycles. The molecule has 5 rings (SSSR count). The number of rotatable bonds is 8. The zero-order valence-corrected chi connectivity index (χ0v) is 26.3. The van der Waals surface area contributed by atoms with Gasteiger partial charge in [0.15, 0.2) is 21.4 Å². The fourth-order valence-corrected chi connectivity index (χ4v) is 6.39. The Kier molecular flexibility index (Phi) is 8.79. The molecule has 1 N–H and O–H groups in total. The monoisotopic (exact) mass is 634 g/mol. The zero-order chi connectivity index (χ0) is 31.7. The van der Waals surface area contributed by atoms with Crippen LogP contribution in [-0.4, -0.2) is 47.3 Å². The molecule has 1 fully saturated rings. The first-order valence-corrected chi connectivity index (χ1v) is 15.1. The minimum atomic E-state index is -1.33. The van der Waals surface area contributed by atoms with Crippen LogP contribution in [0.5, 0.6) is 11.5 Å². The summed E-state index contributed by atoms with van der Waals surface area (Å²) in [5.74, 6) is -2.29. The van der Waals surface area contributed by atoms with Crippen LogP contribution in [0.1, 0.15) is 39.3 Å². The van der Waals surface area contributed by atoms with Crippen molar-refractivity contribution in [1.82, 2.24) is 9.88 Å². The van der Waals surface area contributed by atoms with Gasteiger partial charge in [0.25, 0.3) is 5.56 Å². The summed E-state index contributed by atoms with van der Waals surface area (Å²) < 4.78 is 18.3. The van der Waals surface area contributed by atoms with Gasteiger partial charge in [0.2, 0.25) is 11.8 Å². The maximum Gasteiger partial charge on any atom is 0.338 e. The standard InChI is InChI=1S/C31H30N4O7S2/c1-6-41-29(39)24-17(4)32-31-35(25(24)18-12-13-21(42-16(2)3)22(14-18)40-5)28(38)23(44-31)15-20-26(36)33-30(43)34(27(20)37)19-10-8-7-9-11-19/h7-16,20,25H,6H2,1-5H3,(H,33,36,43)/b23-15-/t20-,25+/m0/s1. The first kappa shape index (κ1) is 30.8. The summed E-state index contributed by atoms with van der Waals surface area (Å²) in [7, 11) is 1.50. The summed E-state index contributed by atoms with van der Waals surface area (Å²) in [5, 5.41) is 2.51. The Labute approximate surface area is 262 Å². The highest BCUT2D eigenvalue weighted by Crippen LogP contribution is 2.36. The van der Waals surface area contributed by atoms with Gasteiger partial charge >= 0.3 is 5.97 Å². The van der Waals surface area contributed by atoms with E-state index in [9.17, 15) is 19.2 Å². The van der Waals surface area contributed by atoms with Gasteiger partial charge in [0.1, 0.15) is 5.92 Å². The van der Waals surface area contributed by atoms with E-state index in [1.165, 1.54) is 22.7 Å². The molecule has 2 aliphatic rings. The smallest absolute Gasteiger partial charge is 0.338 e. The third-order valence-electron chi connectivity index (χ3n) is 6.92. The van der Waals surface area contributed by atoms with Crippen molar-refractivity contribution in [2.75, 3.05) is 18.6 Å². The van der Waals surface area contributed by atoms with E-state index in [-0.39, 0.29) is 32.7 Å². The molecular weight excluding hydrogens is 604 g/mol. The number of thiocarbonyl (C=S) groups is 1. The topological polar surface area (TPSA) is 129 Å². The number of allylic oxidation sites excluding steroid dienone is 1. The van der Waals surface area contributed by atoms with Crippen LogP contribution in [0.2, 0.25) is 0 Å². The molecule has 0 aliphatic carbocycles. The number of methoxy groups -OCH3 is 1. The highest BCUT2D eigenvalue weighted by Gasteiger charge is 2.39. The third-order valence-corrected chi connectivity index (χ3v) is 8.20. The molecule has 0 radical (unpaired) electrons. The van der Waals surface area contributed by atoms with Gasteiger partial charge in [0.05, 0.1) is 47.4 Å². The first-order valence-electron chi connectivity index (χ1n) is 13.8. The van der Waals surface area contributed by atoms with E-state index >= 15 is 0 Å². The van der Waals surface area contributed by atoms with Crippen molar-refractivity contribution in [2.24, 2.45) is 10.9 Å². The lowest BCUT2D eigenvalue weighted by atomic mass is 9.95. The predicted octanol–water partition coefficient (Wildman–Crippen LogP) is 2.61. The number of aromatic nitrogens is 1. The van der Waals surface area contributed by atoms with E-state index in [0.29, 0.717) is 28.4 Å². The number of para-hydroxylation sites is 1. The van der Waals surface area contributed by atoms with Gasteiger partial charge < -0.3 is 19.5 Å². The number of hydrogen-bond acceptors (Lipinski definition) is 10. The summed E-state index contributed by atoms with van der Waals surface area (Å²) in [6.45, 7) is 7.26. The van der Waals surface area contributed by atoms with Gasteiger partial charge in [-0.1, -0.05) is 35.6 Å². The number of carbonyl (C=O) groups excluding carboxylic acids is 3. The number of anilines is 1. The molecule has 3 aromatic rings. The molecule has 2 aliphatic heterocycles. The second-order valence-corrected chi connectivity index (χ2v) is 11.6. The minimum Gasteiger partial charge on any atom is -0.493 e. The van der Waals surface area contributed by atoms with Gasteiger partial charge in [-0.15, -0.1) is 0 Å². The summed E-state index contributed by atoms with van der Waals surface area (Å²) in [6, 6.07) is 12.9. The lowest BCUT2D eigenvalue weighted by Crippen LogP contribution is -2.58. The van der Waals surface area contributed by atoms with E-state index in [2.05, 4.69) is 10.3 Å². The number of ether oxygens (including phenoxy) is 3. The molecule has 1 aromatic heterocycles. The van der Waals surface area contributed by atoms with Crippen molar-refractivity contribution in [3.8, 4) is 11.5 Å². The molecule has 11 nitrogen and oxygen atoms in total. The highest BCUT2D eigenvalue weighted by molar-refractivity contribution is 7.80. The third kappa shape index (κ3) is 5.67. The van der Waals surface area contributed by atoms with E-state index in [1.807, 2.05) is 13.8 Å². The van der Waals surface area contributed by atoms with Crippen LogP contribution < -0.4 is 34.6 Å². The number of fused-ring (bicyclic) bond motifs is 1. The number of esters is 1. The van der Waals surface area contributed by atoms with Crippen LogP contribution in [-0.2, 0) is 19.1 Å². The second-order valence-electron chi connectivity index (χ2n) is 10.2. The molecule has 44 heavy (non-hydrogen) atoms. The molecule has 13 heteroatoms. The van der Waals surface area contributed by atoms with Gasteiger partial charge in [-0.2, -0.15) is 0 Å². The molecule has 228 valence electrons. The Morgan fingerprint density at radius 1 is 1.14 bits per heavy atom. The highest BCUT2D eigenvalue weighted by atomic mass is 32.1. The van der Waals surface area contributed by atoms with Crippen molar-refractivity contribution in [3.05, 3.63) is 85.1 Å². The van der Waals surface area contributed by atoms with Gasteiger partial charge in [-0.05, 0) is 75.8 Å². The average molecular weight is 635 g/mol. The average Bonchev–Trinajstić information content (AvgIpc) is 3.29. The zero-order valence-electron chi connectivity index (χ0n) is 24.7. The lowest BCUT2D eigenvalue weighted by Gasteiger charge is -2.31. The largest absolute Gasteiger partial charge is 0.493 e. The lowest BCUT2D eigenvalue weighted by molar-refractivity contribution is -0.139. The van der Waals surface area contributed by atoms with Crippen LogP contribution in [0.3, 0.4) is 0 Å². The van der Waals surface area contributed by atoms with E-state index in [0.717, 1.165) is 11.3 Å². The van der Waals surface area contributed by atoms with Crippen molar-refractivity contribution in [3.63, 3.8) is 0 Å². The van der Waals surface area contributed by atoms with E-state index in [1.54, 1.807) is 62.4 Å². The number of nitrogens with one attached hydrogen (secondary N) is 1. The number of amides is 2. The quantitative estimate of drug-likeness (QED) is 0.228. The SMILES string of the molecule is CCOC(=O)C1=C(C)N=c2s/c(=C\[C@H]3C(=O)NC(=S)N(c4ccccc4)C3=O)c(=O)n2[C@@H]1c1ccc(OC(C)C)c(OC)c1. The van der Waals surface area contributed by atoms with E-state index in [4.69, 9.17) is 26.4 Å².